The molecular weight excluding hydrogens is 401 g/mol. The molecule has 0 fully saturated rings. The SMILES string of the molecule is CCCc1cnc(OC)c(NS(=O)(=O)c2cc(C(=O)O)cc(C(F)(F)F)c2)c1. The van der Waals surface area contributed by atoms with Gasteiger partial charge in [-0.2, -0.15) is 13.2 Å². The number of sulfonamides is 1. The van der Waals surface area contributed by atoms with Crippen molar-refractivity contribution < 1.29 is 36.2 Å². The smallest absolute Gasteiger partial charge is 0.416 e. The monoisotopic (exact) mass is 418 g/mol. The zero-order valence-electron chi connectivity index (χ0n) is 14.9. The minimum absolute atomic E-state index is 0.0669. The van der Waals surface area contributed by atoms with Gasteiger partial charge in [-0.3, -0.25) is 4.72 Å². The van der Waals surface area contributed by atoms with Crippen molar-refractivity contribution >= 4 is 21.7 Å². The van der Waals surface area contributed by atoms with Gasteiger partial charge in [0.05, 0.1) is 23.1 Å². The Balaban J connectivity index is 2.55. The van der Waals surface area contributed by atoms with Crippen molar-refractivity contribution in [3.05, 3.63) is 47.2 Å². The zero-order valence-corrected chi connectivity index (χ0v) is 15.7. The van der Waals surface area contributed by atoms with Gasteiger partial charge in [0.1, 0.15) is 5.69 Å². The molecule has 0 amide bonds. The lowest BCUT2D eigenvalue weighted by molar-refractivity contribution is -0.137. The Bertz CT molecular complexity index is 991. The van der Waals surface area contributed by atoms with E-state index in [1.54, 1.807) is 0 Å². The molecule has 0 atom stereocenters. The van der Waals surface area contributed by atoms with Gasteiger partial charge in [0.2, 0.25) is 5.88 Å². The highest BCUT2D eigenvalue weighted by Crippen LogP contribution is 2.33. The third kappa shape index (κ3) is 4.91. The lowest BCUT2D eigenvalue weighted by atomic mass is 10.1. The van der Waals surface area contributed by atoms with Gasteiger partial charge in [0.25, 0.3) is 10.0 Å². The quantitative estimate of drug-likeness (QED) is 0.712. The minimum Gasteiger partial charge on any atom is -0.480 e. The molecule has 2 rings (SSSR count). The van der Waals surface area contributed by atoms with Crippen LogP contribution < -0.4 is 9.46 Å². The van der Waals surface area contributed by atoms with E-state index in [-0.39, 0.29) is 11.6 Å². The molecule has 1 aromatic carbocycles. The first-order chi connectivity index (χ1) is 13.0. The van der Waals surface area contributed by atoms with Crippen LogP contribution in [0.2, 0.25) is 0 Å². The number of hydrogen-bond donors (Lipinski definition) is 2. The maximum atomic E-state index is 13.0. The van der Waals surface area contributed by atoms with E-state index in [4.69, 9.17) is 9.84 Å². The number of aromatic nitrogens is 1. The average Bonchev–Trinajstić information content (AvgIpc) is 2.61. The second-order valence-corrected chi connectivity index (χ2v) is 7.49. The maximum Gasteiger partial charge on any atom is 0.416 e. The molecule has 0 bridgehead atoms. The van der Waals surface area contributed by atoms with E-state index in [9.17, 15) is 26.4 Å². The van der Waals surface area contributed by atoms with Crippen LogP contribution in [0.1, 0.15) is 34.8 Å². The van der Waals surface area contributed by atoms with Gasteiger partial charge in [-0.15, -0.1) is 0 Å². The van der Waals surface area contributed by atoms with Crippen LogP contribution in [0.3, 0.4) is 0 Å². The molecule has 1 aromatic heterocycles. The van der Waals surface area contributed by atoms with Gasteiger partial charge in [-0.05, 0) is 36.2 Å². The first-order valence-electron chi connectivity index (χ1n) is 7.99. The number of carboxylic acid groups (broad SMARTS) is 1. The molecule has 11 heteroatoms. The molecule has 7 nitrogen and oxygen atoms in total. The molecule has 0 aliphatic carbocycles. The van der Waals surface area contributed by atoms with Crippen molar-refractivity contribution in [3.63, 3.8) is 0 Å². The molecule has 0 aliphatic rings. The molecule has 0 saturated carbocycles. The number of hydrogen-bond acceptors (Lipinski definition) is 5. The normalized spacial score (nSPS) is 11.9. The average molecular weight is 418 g/mol. The van der Waals surface area contributed by atoms with Crippen molar-refractivity contribution in [2.45, 2.75) is 30.8 Å². The molecular formula is C17H17F3N2O5S. The van der Waals surface area contributed by atoms with Crippen LogP contribution in [0.5, 0.6) is 5.88 Å². The van der Waals surface area contributed by atoms with Crippen LogP contribution in [0.4, 0.5) is 18.9 Å². The number of nitrogens with zero attached hydrogens (tertiary/aromatic N) is 1. The summed E-state index contributed by atoms with van der Waals surface area (Å²) >= 11 is 0. The minimum atomic E-state index is -4.92. The number of alkyl halides is 3. The predicted octanol–water partition coefficient (Wildman–Crippen LogP) is 3.56. The zero-order chi connectivity index (χ0) is 21.1. The summed E-state index contributed by atoms with van der Waals surface area (Å²) in [6, 6.07) is 2.84. The summed E-state index contributed by atoms with van der Waals surface area (Å²) in [6.45, 7) is 1.91. The van der Waals surface area contributed by atoms with Gasteiger partial charge in [-0.1, -0.05) is 13.3 Å². The van der Waals surface area contributed by atoms with Crippen LogP contribution in [0.15, 0.2) is 35.4 Å². The number of rotatable bonds is 7. The summed E-state index contributed by atoms with van der Waals surface area (Å²) in [4.78, 5) is 14.3. The van der Waals surface area contributed by atoms with Crippen molar-refractivity contribution in [1.82, 2.24) is 4.98 Å². The first kappa shape index (κ1) is 21.5. The van der Waals surface area contributed by atoms with E-state index in [0.717, 1.165) is 6.42 Å². The second kappa shape index (κ2) is 8.05. The summed E-state index contributed by atoms with van der Waals surface area (Å²) in [6.07, 6.45) is -2.07. The summed E-state index contributed by atoms with van der Waals surface area (Å²) in [5, 5.41) is 9.02. The van der Waals surface area contributed by atoms with E-state index in [1.807, 2.05) is 6.92 Å². The molecule has 2 N–H and O–H groups in total. The number of carboxylic acids is 1. The Morgan fingerprint density at radius 1 is 1.25 bits per heavy atom. The number of pyridine rings is 1. The summed E-state index contributed by atoms with van der Waals surface area (Å²) in [7, 11) is -3.29. The highest BCUT2D eigenvalue weighted by molar-refractivity contribution is 7.92. The fourth-order valence-corrected chi connectivity index (χ4v) is 3.52. The van der Waals surface area contributed by atoms with Crippen LogP contribution >= 0.6 is 0 Å². The number of anilines is 1. The number of carbonyl (C=O) groups is 1. The van der Waals surface area contributed by atoms with Crippen molar-refractivity contribution in [2.75, 3.05) is 11.8 Å². The Kier molecular flexibility index (Phi) is 6.17. The fourth-order valence-electron chi connectivity index (χ4n) is 2.40. The summed E-state index contributed by atoms with van der Waals surface area (Å²) < 4.78 is 71.5. The lowest BCUT2D eigenvalue weighted by Gasteiger charge is -2.14. The van der Waals surface area contributed by atoms with E-state index < -0.39 is 38.2 Å². The first-order valence-corrected chi connectivity index (χ1v) is 9.47. The number of nitrogens with one attached hydrogen (secondary N) is 1. The fraction of sp³-hybridized carbons (Fsp3) is 0.294. The molecule has 0 spiro atoms. The third-order valence-corrected chi connectivity index (χ3v) is 5.02. The molecule has 0 unspecified atom stereocenters. The van der Waals surface area contributed by atoms with Crippen LogP contribution in [-0.4, -0.2) is 31.6 Å². The third-order valence-electron chi connectivity index (χ3n) is 3.68. The highest BCUT2D eigenvalue weighted by Gasteiger charge is 2.33. The number of methoxy groups -OCH3 is 1. The number of aromatic carboxylic acids is 1. The van der Waals surface area contributed by atoms with Crippen LogP contribution in [-0.2, 0) is 22.6 Å². The van der Waals surface area contributed by atoms with Crippen molar-refractivity contribution in [2.24, 2.45) is 0 Å². The largest absolute Gasteiger partial charge is 0.480 e. The molecule has 0 radical (unpaired) electrons. The number of aryl methyl sites for hydroxylation is 1. The van der Waals surface area contributed by atoms with Gasteiger partial charge < -0.3 is 9.84 Å². The molecule has 0 aliphatic heterocycles. The van der Waals surface area contributed by atoms with E-state index >= 15 is 0 Å². The Morgan fingerprint density at radius 3 is 2.46 bits per heavy atom. The van der Waals surface area contributed by atoms with E-state index in [0.29, 0.717) is 30.2 Å². The standard InChI is InChI=1S/C17H17F3N2O5S/c1-3-4-10-5-14(15(27-2)21-9-10)22-28(25,26)13-7-11(16(23)24)6-12(8-13)17(18,19)20/h5-9,22H,3-4H2,1-2H3,(H,23,24). The van der Waals surface area contributed by atoms with Gasteiger partial charge in [0.15, 0.2) is 0 Å². The molecule has 1 heterocycles. The molecule has 0 saturated heterocycles. The van der Waals surface area contributed by atoms with Gasteiger partial charge in [-0.25, -0.2) is 18.2 Å². The lowest BCUT2D eigenvalue weighted by Crippen LogP contribution is -2.17. The van der Waals surface area contributed by atoms with Gasteiger partial charge in [0, 0.05) is 6.20 Å². The number of ether oxygens (including phenoxy) is 1. The highest BCUT2D eigenvalue weighted by atomic mass is 32.2. The molecule has 152 valence electrons. The maximum absolute atomic E-state index is 13.0. The van der Waals surface area contributed by atoms with E-state index in [2.05, 4.69) is 9.71 Å². The number of halogens is 3. The summed E-state index contributed by atoms with van der Waals surface area (Å²) in [5.41, 5.74) is -1.57. The predicted molar refractivity (Wildman–Crippen MR) is 94.0 cm³/mol. The van der Waals surface area contributed by atoms with Crippen LogP contribution in [0.25, 0.3) is 0 Å². The van der Waals surface area contributed by atoms with Gasteiger partial charge >= 0.3 is 12.1 Å². The summed E-state index contributed by atoms with van der Waals surface area (Å²) in [5.74, 6) is -1.76. The number of benzene rings is 1. The second-order valence-electron chi connectivity index (χ2n) is 5.80. The van der Waals surface area contributed by atoms with E-state index in [1.165, 1.54) is 19.4 Å². The van der Waals surface area contributed by atoms with Crippen LogP contribution in [0, 0.1) is 0 Å². The topological polar surface area (TPSA) is 106 Å². The van der Waals surface area contributed by atoms with Crippen molar-refractivity contribution in [1.29, 1.82) is 0 Å². The Hall–Kier alpha value is -2.82. The molecule has 28 heavy (non-hydrogen) atoms. The van der Waals surface area contributed by atoms with Crippen molar-refractivity contribution in [3.8, 4) is 5.88 Å². The Morgan fingerprint density at radius 2 is 1.93 bits per heavy atom. The Labute approximate surface area is 159 Å². The molecule has 2 aromatic rings.